The van der Waals surface area contributed by atoms with Crippen LogP contribution in [0.3, 0.4) is 0 Å². The molecule has 0 saturated carbocycles. The second-order valence-electron chi connectivity index (χ2n) is 3.71. The number of thiol groups is 1. The molecule has 0 spiro atoms. The van der Waals surface area contributed by atoms with Crippen molar-refractivity contribution in [2.24, 2.45) is 0 Å². The van der Waals surface area contributed by atoms with E-state index in [1.54, 1.807) is 7.11 Å². The molecule has 0 bridgehead atoms. The van der Waals surface area contributed by atoms with Crippen LogP contribution in [-0.4, -0.2) is 26.5 Å². The molecule has 1 rings (SSSR count). The number of aryl methyl sites for hydroxylation is 1. The Morgan fingerprint density at radius 3 is 2.56 bits per heavy atom. The van der Waals surface area contributed by atoms with Crippen molar-refractivity contribution in [1.29, 1.82) is 0 Å². The van der Waals surface area contributed by atoms with Gasteiger partial charge < -0.3 is 10.1 Å². The van der Waals surface area contributed by atoms with Crippen LogP contribution in [0.5, 0.6) is 0 Å². The molecule has 0 radical (unpaired) electrons. The first-order valence-corrected chi connectivity index (χ1v) is 5.72. The van der Waals surface area contributed by atoms with Gasteiger partial charge in [0.05, 0.1) is 0 Å². The Labute approximate surface area is 103 Å². The molecule has 0 aliphatic rings. The average Bonchev–Trinajstić information content (AvgIpc) is 2.32. The highest BCUT2D eigenvalue weighted by Gasteiger charge is 2.03. The molecule has 1 N–H and O–H groups in total. The van der Waals surface area contributed by atoms with E-state index in [-0.39, 0.29) is 6.29 Å². The monoisotopic (exact) mass is 241 g/mol. The Balaban J connectivity index is 2.18. The number of hydrogen-bond acceptors (Lipinski definition) is 4. The van der Waals surface area contributed by atoms with Crippen molar-refractivity contribution in [2.75, 3.05) is 20.2 Å². The van der Waals surface area contributed by atoms with Crippen LogP contribution >= 0.6 is 12.9 Å². The lowest BCUT2D eigenvalue weighted by molar-refractivity contribution is -0.0359. The Morgan fingerprint density at radius 1 is 1.31 bits per heavy atom. The molecule has 4 heteroatoms. The van der Waals surface area contributed by atoms with Gasteiger partial charge in [0.2, 0.25) is 0 Å². The van der Waals surface area contributed by atoms with Crippen LogP contribution in [0, 0.1) is 6.92 Å². The van der Waals surface area contributed by atoms with Crippen LogP contribution < -0.4 is 5.32 Å². The van der Waals surface area contributed by atoms with Gasteiger partial charge in [-0.3, -0.25) is 4.18 Å². The molecule has 1 unspecified atom stereocenters. The maximum Gasteiger partial charge on any atom is 0.182 e. The van der Waals surface area contributed by atoms with Gasteiger partial charge in [-0.05, 0) is 38.4 Å². The summed E-state index contributed by atoms with van der Waals surface area (Å²) in [4.78, 5) is 0. The van der Waals surface area contributed by atoms with Gasteiger partial charge in [-0.2, -0.15) is 0 Å². The van der Waals surface area contributed by atoms with Gasteiger partial charge in [0.15, 0.2) is 6.29 Å². The quantitative estimate of drug-likeness (QED) is 0.331. The minimum absolute atomic E-state index is 0.290. The molecule has 90 valence electrons. The fraction of sp³-hybridized carbons (Fsp3) is 0.500. The van der Waals surface area contributed by atoms with E-state index in [1.165, 1.54) is 11.1 Å². The number of nitrogens with one attached hydrogen (secondary N) is 1. The molecule has 1 aromatic carbocycles. The first kappa shape index (κ1) is 13.5. The summed E-state index contributed by atoms with van der Waals surface area (Å²) < 4.78 is 9.78. The topological polar surface area (TPSA) is 30.5 Å². The number of methoxy groups -OCH3 is 1. The Hall–Kier alpha value is -0.550. The zero-order valence-corrected chi connectivity index (χ0v) is 10.7. The Bertz CT molecular complexity index is 286. The zero-order chi connectivity index (χ0) is 11.8. The number of benzene rings is 1. The minimum atomic E-state index is -0.290. The summed E-state index contributed by atoms with van der Waals surface area (Å²) in [7, 11) is 1.60. The molecule has 0 saturated heterocycles. The van der Waals surface area contributed by atoms with E-state index in [9.17, 15) is 0 Å². The second-order valence-corrected chi connectivity index (χ2v) is 3.92. The van der Waals surface area contributed by atoms with Crippen molar-refractivity contribution < 1.29 is 8.92 Å². The molecule has 16 heavy (non-hydrogen) atoms. The Kier molecular flexibility index (Phi) is 6.49. The third-order valence-electron chi connectivity index (χ3n) is 2.40. The maximum absolute atomic E-state index is 5.01. The molecular formula is C12H19NO2S. The first-order valence-electron chi connectivity index (χ1n) is 5.35. The third kappa shape index (κ3) is 4.99. The van der Waals surface area contributed by atoms with E-state index in [2.05, 4.69) is 49.4 Å². The van der Waals surface area contributed by atoms with Gasteiger partial charge in [-0.15, -0.1) is 0 Å². The summed E-state index contributed by atoms with van der Waals surface area (Å²) >= 11 is 3.71. The van der Waals surface area contributed by atoms with Crippen LogP contribution in [0.2, 0.25) is 0 Å². The van der Waals surface area contributed by atoms with Gasteiger partial charge >= 0.3 is 0 Å². The van der Waals surface area contributed by atoms with Gasteiger partial charge in [0.1, 0.15) is 0 Å². The normalized spacial score (nSPS) is 12.7. The van der Waals surface area contributed by atoms with Gasteiger partial charge in [0, 0.05) is 13.7 Å². The highest BCUT2D eigenvalue weighted by molar-refractivity contribution is 7.75. The van der Waals surface area contributed by atoms with E-state index in [1.807, 2.05) is 0 Å². The van der Waals surface area contributed by atoms with Crippen molar-refractivity contribution in [3.63, 3.8) is 0 Å². The molecule has 1 atom stereocenters. The van der Waals surface area contributed by atoms with Crippen LogP contribution in [-0.2, 0) is 15.3 Å². The Morgan fingerprint density at radius 2 is 2.00 bits per heavy atom. The summed E-state index contributed by atoms with van der Waals surface area (Å²) in [6.07, 6.45) is 0.713. The van der Waals surface area contributed by atoms with Crippen molar-refractivity contribution in [1.82, 2.24) is 5.32 Å². The van der Waals surface area contributed by atoms with Crippen molar-refractivity contribution in [3.05, 3.63) is 35.4 Å². The van der Waals surface area contributed by atoms with E-state index in [4.69, 9.17) is 8.92 Å². The molecule has 0 fully saturated rings. The fourth-order valence-electron chi connectivity index (χ4n) is 1.37. The summed E-state index contributed by atoms with van der Waals surface area (Å²) in [5, 5.41) is 3.25. The molecule has 1 aromatic rings. The highest BCUT2D eigenvalue weighted by atomic mass is 32.1. The zero-order valence-electron chi connectivity index (χ0n) is 9.77. The predicted octanol–water partition coefficient (Wildman–Crippen LogP) is 1.96. The van der Waals surface area contributed by atoms with Crippen molar-refractivity contribution in [2.45, 2.75) is 19.6 Å². The lowest BCUT2D eigenvalue weighted by atomic mass is 10.1. The van der Waals surface area contributed by atoms with Gasteiger partial charge in [-0.25, -0.2) is 0 Å². The van der Waals surface area contributed by atoms with Crippen LogP contribution in [0.4, 0.5) is 0 Å². The third-order valence-corrected chi connectivity index (χ3v) is 2.64. The fourth-order valence-corrected chi connectivity index (χ4v) is 1.53. The average molecular weight is 241 g/mol. The predicted molar refractivity (Wildman–Crippen MR) is 68.6 cm³/mol. The van der Waals surface area contributed by atoms with Gasteiger partial charge in [-0.1, -0.05) is 29.8 Å². The molecule has 0 amide bonds. The molecule has 0 aromatic heterocycles. The van der Waals surface area contributed by atoms with Crippen LogP contribution in [0.15, 0.2) is 24.3 Å². The standard InChI is InChI=1S/C12H19NO2S/c1-10-3-5-11(6-4-10)7-8-13-9-12(14-2)15-16/h3-6,12-13,16H,7-9H2,1-2H3. The maximum atomic E-state index is 5.01. The van der Waals surface area contributed by atoms with Crippen molar-refractivity contribution in [3.8, 4) is 0 Å². The highest BCUT2D eigenvalue weighted by Crippen LogP contribution is 2.03. The number of hydrogen-bond donors (Lipinski definition) is 2. The second kappa shape index (κ2) is 7.68. The SMILES string of the molecule is COC(CNCCc1ccc(C)cc1)OS. The van der Waals surface area contributed by atoms with Crippen LogP contribution in [0.25, 0.3) is 0 Å². The van der Waals surface area contributed by atoms with E-state index < -0.39 is 0 Å². The number of rotatable bonds is 7. The van der Waals surface area contributed by atoms with E-state index >= 15 is 0 Å². The molecule has 0 aliphatic heterocycles. The largest absolute Gasteiger partial charge is 0.354 e. The van der Waals surface area contributed by atoms with Crippen LogP contribution in [0.1, 0.15) is 11.1 Å². The van der Waals surface area contributed by atoms with Gasteiger partial charge in [0.25, 0.3) is 0 Å². The molecule has 0 aliphatic carbocycles. The van der Waals surface area contributed by atoms with E-state index in [0.29, 0.717) is 6.54 Å². The lowest BCUT2D eigenvalue weighted by Gasteiger charge is -2.12. The summed E-state index contributed by atoms with van der Waals surface area (Å²) in [6.45, 7) is 3.64. The summed E-state index contributed by atoms with van der Waals surface area (Å²) in [5.41, 5.74) is 2.62. The summed E-state index contributed by atoms with van der Waals surface area (Å²) in [5.74, 6) is 0. The first-order chi connectivity index (χ1) is 7.76. The number of ether oxygens (including phenoxy) is 1. The summed E-state index contributed by atoms with van der Waals surface area (Å²) in [6, 6.07) is 8.56. The molecule has 3 nitrogen and oxygen atoms in total. The smallest absolute Gasteiger partial charge is 0.182 e. The van der Waals surface area contributed by atoms with Crippen molar-refractivity contribution >= 4 is 12.9 Å². The lowest BCUT2D eigenvalue weighted by Crippen LogP contribution is -2.30. The molecule has 0 heterocycles. The molecular weight excluding hydrogens is 222 g/mol. The van der Waals surface area contributed by atoms with E-state index in [0.717, 1.165) is 13.0 Å². The minimum Gasteiger partial charge on any atom is -0.354 e.